The molecular weight excluding hydrogens is 452 g/mol. The second-order valence-corrected chi connectivity index (χ2v) is 8.94. The molecule has 2 aromatic heterocycles. The molecule has 34 heavy (non-hydrogen) atoms. The molecule has 0 saturated carbocycles. The van der Waals surface area contributed by atoms with Crippen LogP contribution in [0.3, 0.4) is 0 Å². The van der Waals surface area contributed by atoms with Gasteiger partial charge in [0.1, 0.15) is 11.6 Å². The van der Waals surface area contributed by atoms with Crippen LogP contribution < -0.4 is 10.9 Å². The van der Waals surface area contributed by atoms with E-state index in [1.165, 1.54) is 6.42 Å². The summed E-state index contributed by atoms with van der Waals surface area (Å²) in [5, 5.41) is 12.8. The van der Waals surface area contributed by atoms with Gasteiger partial charge in [0.25, 0.3) is 5.56 Å². The molecule has 3 heterocycles. The second-order valence-electron chi connectivity index (χ2n) is 8.53. The third kappa shape index (κ3) is 4.72. The molecule has 4 aromatic rings. The number of benzene rings is 2. The lowest BCUT2D eigenvalue weighted by molar-refractivity contribution is -0.116. The van der Waals surface area contributed by atoms with Gasteiger partial charge in [0.2, 0.25) is 5.91 Å². The standard InChI is InChI=1S/C25H25ClN6O2/c26-19-13-12-16(15-18(19)24-31-30-22-10-2-1-5-14-32(22)24)27-23(33)11-6-9-21-28-20-8-4-3-7-17(20)25(34)29-21/h3-4,7-8,12-13,15H,1-2,5-6,9-11,14H2,(H,27,33)(H,28,29,34). The Balaban J connectivity index is 1.24. The fourth-order valence-electron chi connectivity index (χ4n) is 4.35. The number of amides is 1. The number of anilines is 1. The molecule has 9 heteroatoms. The molecule has 0 radical (unpaired) electrons. The minimum Gasteiger partial charge on any atom is -0.326 e. The summed E-state index contributed by atoms with van der Waals surface area (Å²) in [6.45, 7) is 0.871. The average Bonchev–Trinajstić information content (AvgIpc) is 3.08. The van der Waals surface area contributed by atoms with Crippen LogP contribution in [0.2, 0.25) is 5.02 Å². The lowest BCUT2D eigenvalue weighted by atomic mass is 10.1. The fraction of sp³-hybridized carbons (Fsp3) is 0.320. The molecule has 8 nitrogen and oxygen atoms in total. The van der Waals surface area contributed by atoms with Gasteiger partial charge < -0.3 is 14.9 Å². The molecule has 0 atom stereocenters. The molecule has 0 spiro atoms. The Morgan fingerprint density at radius 2 is 2.00 bits per heavy atom. The monoisotopic (exact) mass is 476 g/mol. The minimum absolute atomic E-state index is 0.114. The van der Waals surface area contributed by atoms with E-state index in [2.05, 4.69) is 30.0 Å². The van der Waals surface area contributed by atoms with Crippen LogP contribution in [-0.2, 0) is 24.2 Å². The van der Waals surface area contributed by atoms with E-state index in [0.29, 0.717) is 46.7 Å². The summed E-state index contributed by atoms with van der Waals surface area (Å²) in [5.41, 5.74) is 1.92. The highest BCUT2D eigenvalue weighted by Crippen LogP contribution is 2.31. The molecule has 1 amide bonds. The van der Waals surface area contributed by atoms with Crippen LogP contribution >= 0.6 is 11.6 Å². The molecule has 2 aromatic carbocycles. The van der Waals surface area contributed by atoms with Crippen molar-refractivity contribution in [3.05, 3.63) is 69.5 Å². The van der Waals surface area contributed by atoms with Crippen LogP contribution in [0.15, 0.2) is 47.3 Å². The van der Waals surface area contributed by atoms with Crippen molar-refractivity contribution in [3.63, 3.8) is 0 Å². The smallest absolute Gasteiger partial charge is 0.258 e. The molecular formula is C25H25ClN6O2. The Morgan fingerprint density at radius 1 is 1.12 bits per heavy atom. The molecule has 5 rings (SSSR count). The van der Waals surface area contributed by atoms with Crippen molar-refractivity contribution in [2.45, 2.75) is 51.5 Å². The van der Waals surface area contributed by atoms with E-state index < -0.39 is 0 Å². The van der Waals surface area contributed by atoms with Gasteiger partial charge in [0.15, 0.2) is 5.82 Å². The van der Waals surface area contributed by atoms with Crippen LogP contribution in [0.25, 0.3) is 22.3 Å². The number of para-hydroxylation sites is 1. The van der Waals surface area contributed by atoms with Crippen molar-refractivity contribution in [2.75, 3.05) is 5.32 Å². The Labute approximate surface area is 201 Å². The van der Waals surface area contributed by atoms with E-state index in [9.17, 15) is 9.59 Å². The molecule has 0 unspecified atom stereocenters. The van der Waals surface area contributed by atoms with Gasteiger partial charge in [-0.2, -0.15) is 0 Å². The van der Waals surface area contributed by atoms with E-state index in [0.717, 1.165) is 43.0 Å². The summed E-state index contributed by atoms with van der Waals surface area (Å²) in [6, 6.07) is 12.6. The highest BCUT2D eigenvalue weighted by molar-refractivity contribution is 6.33. The zero-order valence-electron chi connectivity index (χ0n) is 18.7. The zero-order chi connectivity index (χ0) is 23.5. The summed E-state index contributed by atoms with van der Waals surface area (Å²) < 4.78 is 2.14. The van der Waals surface area contributed by atoms with E-state index in [4.69, 9.17) is 11.6 Å². The zero-order valence-corrected chi connectivity index (χ0v) is 19.4. The summed E-state index contributed by atoms with van der Waals surface area (Å²) in [4.78, 5) is 32.1. The van der Waals surface area contributed by atoms with E-state index in [1.54, 1.807) is 18.2 Å². The first kappa shape index (κ1) is 22.3. The van der Waals surface area contributed by atoms with Gasteiger partial charge >= 0.3 is 0 Å². The molecule has 1 aliphatic rings. The summed E-state index contributed by atoms with van der Waals surface area (Å²) in [7, 11) is 0. The topological polar surface area (TPSA) is 106 Å². The van der Waals surface area contributed by atoms with Crippen LogP contribution in [0.5, 0.6) is 0 Å². The lowest BCUT2D eigenvalue weighted by Gasteiger charge is -2.11. The number of hydrogen-bond donors (Lipinski definition) is 2. The van der Waals surface area contributed by atoms with E-state index >= 15 is 0 Å². The van der Waals surface area contributed by atoms with Crippen molar-refractivity contribution in [1.82, 2.24) is 24.7 Å². The number of nitrogens with one attached hydrogen (secondary N) is 2. The van der Waals surface area contributed by atoms with Crippen molar-refractivity contribution in [2.24, 2.45) is 0 Å². The minimum atomic E-state index is -0.162. The maximum Gasteiger partial charge on any atom is 0.258 e. The van der Waals surface area contributed by atoms with E-state index in [1.807, 2.05) is 24.3 Å². The van der Waals surface area contributed by atoms with Gasteiger partial charge in [0.05, 0.1) is 15.9 Å². The highest BCUT2D eigenvalue weighted by Gasteiger charge is 2.18. The maximum atomic E-state index is 12.6. The predicted molar refractivity (Wildman–Crippen MR) is 132 cm³/mol. The van der Waals surface area contributed by atoms with Crippen molar-refractivity contribution in [3.8, 4) is 11.4 Å². The SMILES string of the molecule is O=C(CCCc1nc2ccccc2c(=O)[nH]1)Nc1ccc(Cl)c(-c2nnc3n2CCCCC3)c1. The van der Waals surface area contributed by atoms with Crippen molar-refractivity contribution >= 4 is 34.1 Å². The Kier molecular flexibility index (Phi) is 6.40. The van der Waals surface area contributed by atoms with Gasteiger partial charge in [-0.3, -0.25) is 9.59 Å². The third-order valence-electron chi connectivity index (χ3n) is 6.08. The van der Waals surface area contributed by atoms with Crippen LogP contribution in [-0.4, -0.2) is 30.6 Å². The van der Waals surface area contributed by atoms with Crippen molar-refractivity contribution < 1.29 is 4.79 Å². The number of H-pyrrole nitrogens is 1. The first-order valence-corrected chi connectivity index (χ1v) is 12.0. The largest absolute Gasteiger partial charge is 0.326 e. The molecule has 174 valence electrons. The Morgan fingerprint density at radius 3 is 2.91 bits per heavy atom. The Bertz CT molecular complexity index is 1410. The number of rotatable bonds is 6. The third-order valence-corrected chi connectivity index (χ3v) is 6.41. The van der Waals surface area contributed by atoms with Gasteiger partial charge in [-0.25, -0.2) is 4.98 Å². The quantitative estimate of drug-likeness (QED) is 0.425. The first-order valence-electron chi connectivity index (χ1n) is 11.6. The van der Waals surface area contributed by atoms with Gasteiger partial charge in [-0.05, 0) is 49.6 Å². The highest BCUT2D eigenvalue weighted by atomic mass is 35.5. The number of carbonyl (C=O) groups excluding carboxylic acids is 1. The van der Waals surface area contributed by atoms with Crippen LogP contribution in [0.4, 0.5) is 5.69 Å². The number of hydrogen-bond acceptors (Lipinski definition) is 5. The fourth-order valence-corrected chi connectivity index (χ4v) is 4.55. The molecule has 0 aliphatic carbocycles. The Hall–Kier alpha value is -3.52. The number of halogens is 1. The normalized spacial score (nSPS) is 13.4. The van der Waals surface area contributed by atoms with Crippen LogP contribution in [0, 0.1) is 0 Å². The van der Waals surface area contributed by atoms with Gasteiger partial charge in [-0.15, -0.1) is 10.2 Å². The summed E-state index contributed by atoms with van der Waals surface area (Å²) >= 11 is 6.48. The lowest BCUT2D eigenvalue weighted by Crippen LogP contribution is -2.14. The maximum absolute atomic E-state index is 12.6. The molecule has 0 saturated heterocycles. The van der Waals surface area contributed by atoms with E-state index in [-0.39, 0.29) is 11.5 Å². The molecule has 2 N–H and O–H groups in total. The number of carbonyl (C=O) groups is 1. The van der Waals surface area contributed by atoms with Gasteiger partial charge in [0, 0.05) is 37.1 Å². The summed E-state index contributed by atoms with van der Waals surface area (Å²) in [6.07, 6.45) is 5.66. The number of aromatic amines is 1. The number of nitrogens with zero attached hydrogens (tertiary/aromatic N) is 4. The summed E-state index contributed by atoms with van der Waals surface area (Å²) in [5.74, 6) is 2.19. The van der Waals surface area contributed by atoms with Crippen molar-refractivity contribution in [1.29, 1.82) is 0 Å². The second kappa shape index (κ2) is 9.77. The predicted octanol–water partition coefficient (Wildman–Crippen LogP) is 4.52. The average molecular weight is 477 g/mol. The molecule has 1 aliphatic heterocycles. The first-order chi connectivity index (χ1) is 16.6. The number of aromatic nitrogens is 5. The number of aryl methyl sites for hydroxylation is 2. The number of fused-ring (bicyclic) bond motifs is 2. The molecule has 0 fully saturated rings. The molecule has 0 bridgehead atoms. The van der Waals surface area contributed by atoms with Crippen LogP contribution in [0.1, 0.15) is 43.8 Å². The van der Waals surface area contributed by atoms with Gasteiger partial charge in [-0.1, -0.05) is 30.2 Å².